The van der Waals surface area contributed by atoms with Gasteiger partial charge in [0.25, 0.3) is 0 Å². The molecule has 21 heavy (non-hydrogen) atoms. The molecule has 0 atom stereocenters. The lowest BCUT2D eigenvalue weighted by molar-refractivity contribution is -0.274. The Bertz CT molecular complexity index is 668. The topological polar surface area (TPSA) is 40.5 Å². The molecule has 0 fully saturated rings. The van der Waals surface area contributed by atoms with Crippen molar-refractivity contribution in [1.82, 2.24) is 4.57 Å². The van der Waals surface area contributed by atoms with E-state index in [1.165, 1.54) is 18.3 Å². The van der Waals surface area contributed by atoms with Gasteiger partial charge in [0.2, 0.25) is 0 Å². The highest BCUT2D eigenvalue weighted by Crippen LogP contribution is 2.31. The van der Waals surface area contributed by atoms with Gasteiger partial charge in [-0.05, 0) is 32.9 Å². The van der Waals surface area contributed by atoms with Crippen LogP contribution in [0.2, 0.25) is 0 Å². The maximum atomic E-state index is 12.4. The van der Waals surface area contributed by atoms with Crippen LogP contribution in [0, 0.1) is 0 Å². The molecule has 0 unspecified atom stereocenters. The predicted octanol–water partition coefficient (Wildman–Crippen LogP) is 4.32. The molecular weight excluding hydrogens is 287 g/mol. The molecule has 4 nitrogen and oxygen atoms in total. The first-order chi connectivity index (χ1) is 9.57. The fraction of sp³-hybridized carbons (Fsp3) is 0.357. The second kappa shape index (κ2) is 4.98. The summed E-state index contributed by atoms with van der Waals surface area (Å²) in [5.41, 5.74) is -0.739. The first-order valence-corrected chi connectivity index (χ1v) is 6.16. The van der Waals surface area contributed by atoms with Crippen molar-refractivity contribution >= 4 is 17.0 Å². The number of nitrogens with zero attached hydrogens (tertiary/aromatic N) is 1. The minimum absolute atomic E-state index is 0.0177. The van der Waals surface area contributed by atoms with Crippen LogP contribution in [0.1, 0.15) is 20.8 Å². The van der Waals surface area contributed by atoms with Crippen LogP contribution in [0.3, 0.4) is 0 Å². The van der Waals surface area contributed by atoms with Gasteiger partial charge >= 0.3 is 12.5 Å². The SMILES string of the molecule is CC(C)(C)OC(=O)n1ccc2cccc(OC(F)(F)F)c21. The molecule has 1 aromatic carbocycles. The molecule has 0 radical (unpaired) electrons. The van der Waals surface area contributed by atoms with E-state index < -0.39 is 23.8 Å². The average molecular weight is 301 g/mol. The zero-order valence-corrected chi connectivity index (χ0v) is 11.7. The Morgan fingerprint density at radius 1 is 1.14 bits per heavy atom. The van der Waals surface area contributed by atoms with E-state index in [1.54, 1.807) is 26.8 Å². The summed E-state index contributed by atoms with van der Waals surface area (Å²) in [5, 5.41) is 0.447. The third-order valence-electron chi connectivity index (χ3n) is 2.49. The molecule has 7 heteroatoms. The summed E-state index contributed by atoms with van der Waals surface area (Å²) < 4.78 is 47.4. The molecule has 0 aliphatic heterocycles. The summed E-state index contributed by atoms with van der Waals surface area (Å²) in [5.74, 6) is -0.448. The predicted molar refractivity (Wildman–Crippen MR) is 70.3 cm³/mol. The summed E-state index contributed by atoms with van der Waals surface area (Å²) in [6.45, 7) is 5.01. The van der Waals surface area contributed by atoms with Crippen molar-refractivity contribution in [3.8, 4) is 5.75 Å². The monoisotopic (exact) mass is 301 g/mol. The molecule has 1 heterocycles. The third kappa shape index (κ3) is 3.68. The molecule has 0 bridgehead atoms. The van der Waals surface area contributed by atoms with Crippen LogP contribution in [-0.4, -0.2) is 22.6 Å². The highest BCUT2D eigenvalue weighted by Gasteiger charge is 2.32. The molecule has 0 spiro atoms. The van der Waals surface area contributed by atoms with Gasteiger partial charge in [0.05, 0.1) is 0 Å². The number of hydrogen-bond acceptors (Lipinski definition) is 3. The third-order valence-corrected chi connectivity index (χ3v) is 2.49. The number of carbonyl (C=O) groups is 1. The standard InChI is InChI=1S/C14H14F3NO3/c1-13(2,3)21-12(19)18-8-7-9-5-4-6-10(11(9)18)20-14(15,16)17/h4-8H,1-3H3. The number of aromatic nitrogens is 1. The maximum absolute atomic E-state index is 12.4. The second-order valence-corrected chi connectivity index (χ2v) is 5.41. The Morgan fingerprint density at radius 3 is 2.38 bits per heavy atom. The summed E-state index contributed by atoms with van der Waals surface area (Å²) in [6, 6.07) is 5.67. The second-order valence-electron chi connectivity index (χ2n) is 5.41. The maximum Gasteiger partial charge on any atom is 0.573 e. The van der Waals surface area contributed by atoms with Gasteiger partial charge in [-0.3, -0.25) is 0 Å². The van der Waals surface area contributed by atoms with E-state index in [9.17, 15) is 18.0 Å². The Balaban J connectivity index is 2.48. The molecule has 114 valence electrons. The van der Waals surface area contributed by atoms with E-state index in [-0.39, 0.29) is 5.52 Å². The zero-order valence-electron chi connectivity index (χ0n) is 11.7. The Morgan fingerprint density at radius 2 is 1.81 bits per heavy atom. The van der Waals surface area contributed by atoms with Crippen LogP contribution < -0.4 is 4.74 Å². The summed E-state index contributed by atoms with van der Waals surface area (Å²) in [4.78, 5) is 12.1. The van der Waals surface area contributed by atoms with E-state index in [4.69, 9.17) is 4.74 Å². The van der Waals surface area contributed by atoms with Crippen LogP contribution in [0.4, 0.5) is 18.0 Å². The number of ether oxygens (including phenoxy) is 2. The number of alkyl halides is 3. The number of para-hydroxylation sites is 1. The van der Waals surface area contributed by atoms with Crippen molar-refractivity contribution < 1.29 is 27.4 Å². The van der Waals surface area contributed by atoms with Gasteiger partial charge in [-0.25, -0.2) is 9.36 Å². The van der Waals surface area contributed by atoms with Gasteiger partial charge in [0.1, 0.15) is 11.1 Å². The van der Waals surface area contributed by atoms with Crippen molar-refractivity contribution in [2.45, 2.75) is 32.7 Å². The number of carbonyl (C=O) groups excluding carboxylic acids is 1. The molecule has 0 saturated heterocycles. The lowest BCUT2D eigenvalue weighted by Crippen LogP contribution is -2.27. The number of hydrogen-bond donors (Lipinski definition) is 0. The smallest absolute Gasteiger partial charge is 0.443 e. The zero-order chi connectivity index (χ0) is 15.8. The van der Waals surface area contributed by atoms with Crippen molar-refractivity contribution in [3.05, 3.63) is 30.5 Å². The molecule has 0 aliphatic rings. The van der Waals surface area contributed by atoms with Gasteiger partial charge in [-0.15, -0.1) is 13.2 Å². The van der Waals surface area contributed by atoms with Crippen LogP contribution >= 0.6 is 0 Å². The summed E-state index contributed by atoms with van der Waals surface area (Å²) in [6.07, 6.45) is -4.25. The molecule has 0 saturated carbocycles. The van der Waals surface area contributed by atoms with E-state index in [1.807, 2.05) is 0 Å². The average Bonchev–Trinajstić information content (AvgIpc) is 2.69. The van der Waals surface area contributed by atoms with E-state index >= 15 is 0 Å². The largest absolute Gasteiger partial charge is 0.573 e. The molecule has 1 aromatic heterocycles. The molecule has 0 N–H and O–H groups in total. The van der Waals surface area contributed by atoms with Gasteiger partial charge in [0.15, 0.2) is 5.75 Å². The van der Waals surface area contributed by atoms with E-state index in [0.29, 0.717) is 5.39 Å². The van der Waals surface area contributed by atoms with E-state index in [2.05, 4.69) is 4.74 Å². The Hall–Kier alpha value is -2.18. The summed E-state index contributed by atoms with van der Waals surface area (Å²) in [7, 11) is 0. The number of halogens is 3. The summed E-state index contributed by atoms with van der Waals surface area (Å²) >= 11 is 0. The highest BCUT2D eigenvalue weighted by molar-refractivity contribution is 5.93. The van der Waals surface area contributed by atoms with Gasteiger partial charge in [-0.1, -0.05) is 12.1 Å². The minimum Gasteiger partial charge on any atom is -0.443 e. The minimum atomic E-state index is -4.84. The van der Waals surface area contributed by atoms with Crippen LogP contribution in [0.15, 0.2) is 30.5 Å². The first-order valence-electron chi connectivity index (χ1n) is 6.16. The quantitative estimate of drug-likeness (QED) is 0.787. The van der Waals surface area contributed by atoms with Gasteiger partial charge in [-0.2, -0.15) is 0 Å². The number of rotatable bonds is 1. The van der Waals surface area contributed by atoms with Crippen LogP contribution in [-0.2, 0) is 4.74 Å². The van der Waals surface area contributed by atoms with Crippen molar-refractivity contribution in [1.29, 1.82) is 0 Å². The van der Waals surface area contributed by atoms with Crippen LogP contribution in [0.25, 0.3) is 10.9 Å². The fourth-order valence-electron chi connectivity index (χ4n) is 1.83. The first kappa shape index (κ1) is 15.2. The van der Waals surface area contributed by atoms with Gasteiger partial charge in [0, 0.05) is 11.6 Å². The Kier molecular flexibility index (Phi) is 3.61. The molecule has 2 aromatic rings. The van der Waals surface area contributed by atoms with Crippen LogP contribution in [0.5, 0.6) is 5.75 Å². The van der Waals surface area contributed by atoms with Crippen molar-refractivity contribution in [3.63, 3.8) is 0 Å². The Labute approximate surface area is 119 Å². The highest BCUT2D eigenvalue weighted by atomic mass is 19.4. The molecule has 2 rings (SSSR count). The fourth-order valence-corrected chi connectivity index (χ4v) is 1.83. The number of benzene rings is 1. The lowest BCUT2D eigenvalue weighted by atomic mass is 10.2. The molecule has 0 aliphatic carbocycles. The normalized spacial score (nSPS) is 12.5. The van der Waals surface area contributed by atoms with Crippen molar-refractivity contribution in [2.24, 2.45) is 0 Å². The van der Waals surface area contributed by atoms with Crippen molar-refractivity contribution in [2.75, 3.05) is 0 Å². The van der Waals surface area contributed by atoms with Gasteiger partial charge < -0.3 is 9.47 Å². The molecular formula is C14H14F3NO3. The molecule has 0 amide bonds. The lowest BCUT2D eigenvalue weighted by Gasteiger charge is -2.20. The number of fused-ring (bicyclic) bond motifs is 1. The van der Waals surface area contributed by atoms with E-state index in [0.717, 1.165) is 10.6 Å².